The van der Waals surface area contributed by atoms with Crippen LogP contribution >= 0.6 is 11.3 Å². The van der Waals surface area contributed by atoms with E-state index >= 15 is 0 Å². The van der Waals surface area contributed by atoms with Gasteiger partial charge in [0.25, 0.3) is 5.56 Å². The molecular weight excluding hydrogens is 304 g/mol. The molecule has 7 nitrogen and oxygen atoms in total. The van der Waals surface area contributed by atoms with E-state index in [0.717, 1.165) is 15.1 Å². The SMILES string of the molecule is Cc1nc(NC(=O)C=Cc2cn(C)c(=O)n(C)c2=O)sc1C. The third-order valence-corrected chi connectivity index (χ3v) is 4.13. The summed E-state index contributed by atoms with van der Waals surface area (Å²) in [5.41, 5.74) is 0.260. The lowest BCUT2D eigenvalue weighted by molar-refractivity contribution is -0.111. The van der Waals surface area contributed by atoms with Crippen molar-refractivity contribution in [1.29, 1.82) is 0 Å². The van der Waals surface area contributed by atoms with E-state index in [1.54, 1.807) is 7.05 Å². The molecule has 2 rings (SSSR count). The zero-order chi connectivity index (χ0) is 16.4. The van der Waals surface area contributed by atoms with Crippen molar-refractivity contribution < 1.29 is 4.79 Å². The van der Waals surface area contributed by atoms with Crippen molar-refractivity contribution in [3.63, 3.8) is 0 Å². The number of hydrogen-bond acceptors (Lipinski definition) is 5. The van der Waals surface area contributed by atoms with E-state index in [9.17, 15) is 14.4 Å². The van der Waals surface area contributed by atoms with Crippen molar-refractivity contribution in [2.75, 3.05) is 5.32 Å². The summed E-state index contributed by atoms with van der Waals surface area (Å²) in [6.45, 7) is 3.79. The normalized spacial score (nSPS) is 11.1. The quantitative estimate of drug-likeness (QED) is 0.848. The van der Waals surface area contributed by atoms with Crippen LogP contribution in [-0.4, -0.2) is 20.0 Å². The van der Waals surface area contributed by atoms with Gasteiger partial charge in [-0.25, -0.2) is 9.78 Å². The minimum atomic E-state index is -0.451. The second-order valence-electron chi connectivity index (χ2n) is 4.83. The van der Waals surface area contributed by atoms with Gasteiger partial charge in [-0.2, -0.15) is 0 Å². The summed E-state index contributed by atoms with van der Waals surface area (Å²) in [7, 11) is 2.93. The van der Waals surface area contributed by atoms with Gasteiger partial charge < -0.3 is 4.57 Å². The van der Waals surface area contributed by atoms with Crippen molar-refractivity contribution >= 4 is 28.5 Å². The number of anilines is 1. The van der Waals surface area contributed by atoms with Gasteiger partial charge in [0.05, 0.1) is 11.3 Å². The minimum absolute atomic E-state index is 0.256. The van der Waals surface area contributed by atoms with Gasteiger partial charge in [-0.05, 0) is 19.9 Å². The highest BCUT2D eigenvalue weighted by atomic mass is 32.1. The highest BCUT2D eigenvalue weighted by molar-refractivity contribution is 7.15. The van der Waals surface area contributed by atoms with Gasteiger partial charge in [-0.1, -0.05) is 0 Å². The van der Waals surface area contributed by atoms with Gasteiger partial charge >= 0.3 is 5.69 Å². The van der Waals surface area contributed by atoms with E-state index in [0.29, 0.717) is 5.13 Å². The maximum atomic E-state index is 11.9. The van der Waals surface area contributed by atoms with E-state index < -0.39 is 11.2 Å². The van der Waals surface area contributed by atoms with Gasteiger partial charge in [0.15, 0.2) is 5.13 Å². The minimum Gasteiger partial charge on any atom is -0.303 e. The zero-order valence-electron chi connectivity index (χ0n) is 12.7. The molecule has 0 spiro atoms. The maximum Gasteiger partial charge on any atom is 0.330 e. The third-order valence-electron chi connectivity index (χ3n) is 3.15. The summed E-state index contributed by atoms with van der Waals surface area (Å²) in [4.78, 5) is 40.6. The van der Waals surface area contributed by atoms with Crippen LogP contribution in [0, 0.1) is 13.8 Å². The lowest BCUT2D eigenvalue weighted by atomic mass is 10.3. The van der Waals surface area contributed by atoms with E-state index in [4.69, 9.17) is 0 Å². The van der Waals surface area contributed by atoms with Crippen LogP contribution in [0.15, 0.2) is 21.9 Å². The Balaban J connectivity index is 2.20. The Hall–Kier alpha value is -2.48. The molecule has 0 aliphatic rings. The predicted octanol–water partition coefficient (Wildman–Crippen LogP) is 0.809. The molecule has 0 radical (unpaired) electrons. The van der Waals surface area contributed by atoms with Crippen LogP contribution in [0.4, 0.5) is 5.13 Å². The second kappa shape index (κ2) is 6.10. The molecule has 0 fully saturated rings. The summed E-state index contributed by atoms with van der Waals surface area (Å²) in [5.74, 6) is -0.385. The number of rotatable bonds is 3. The summed E-state index contributed by atoms with van der Waals surface area (Å²) in [6.07, 6.45) is 4.02. The Morgan fingerprint density at radius 1 is 1.32 bits per heavy atom. The molecular formula is C14H16N4O3S. The van der Waals surface area contributed by atoms with Crippen LogP contribution in [0.25, 0.3) is 6.08 Å². The summed E-state index contributed by atoms with van der Waals surface area (Å²) in [5, 5.41) is 3.15. The average molecular weight is 320 g/mol. The van der Waals surface area contributed by atoms with Crippen molar-refractivity contribution in [2.24, 2.45) is 14.1 Å². The lowest BCUT2D eigenvalue weighted by Gasteiger charge is -2.03. The Morgan fingerprint density at radius 3 is 2.59 bits per heavy atom. The highest BCUT2D eigenvalue weighted by Gasteiger charge is 2.07. The molecule has 22 heavy (non-hydrogen) atoms. The maximum absolute atomic E-state index is 11.9. The van der Waals surface area contributed by atoms with Gasteiger partial charge in [-0.15, -0.1) is 11.3 Å². The molecule has 0 saturated carbocycles. The van der Waals surface area contributed by atoms with E-state index in [-0.39, 0.29) is 11.5 Å². The monoisotopic (exact) mass is 320 g/mol. The fourth-order valence-electron chi connectivity index (χ4n) is 1.79. The average Bonchev–Trinajstić information content (AvgIpc) is 2.77. The fourth-order valence-corrected chi connectivity index (χ4v) is 2.61. The standard InChI is InChI=1S/C14H16N4O3S/c1-8-9(2)22-13(15-8)16-11(19)6-5-10-7-17(3)14(21)18(4)12(10)20/h5-7H,1-4H3,(H,15,16,19). The van der Waals surface area contributed by atoms with E-state index in [1.165, 1.54) is 41.3 Å². The van der Waals surface area contributed by atoms with Crippen molar-refractivity contribution in [3.05, 3.63) is 49.2 Å². The van der Waals surface area contributed by atoms with Crippen molar-refractivity contribution in [2.45, 2.75) is 13.8 Å². The smallest absolute Gasteiger partial charge is 0.303 e. The first-order valence-electron chi connectivity index (χ1n) is 6.49. The molecule has 0 atom stereocenters. The number of thiazole rings is 1. The molecule has 1 N–H and O–H groups in total. The summed E-state index contributed by atoms with van der Waals surface area (Å²) >= 11 is 1.39. The van der Waals surface area contributed by atoms with E-state index in [2.05, 4.69) is 10.3 Å². The number of amides is 1. The van der Waals surface area contributed by atoms with Gasteiger partial charge in [0, 0.05) is 31.2 Å². The number of nitrogens with one attached hydrogen (secondary N) is 1. The fraction of sp³-hybridized carbons (Fsp3) is 0.286. The molecule has 8 heteroatoms. The predicted molar refractivity (Wildman–Crippen MR) is 86.2 cm³/mol. The Kier molecular flexibility index (Phi) is 4.41. The molecule has 0 aliphatic heterocycles. The molecule has 116 valence electrons. The van der Waals surface area contributed by atoms with Gasteiger partial charge in [0.2, 0.25) is 5.91 Å². The number of aryl methyl sites for hydroxylation is 3. The molecule has 2 heterocycles. The Labute approximate surface area is 130 Å². The Bertz CT molecular complexity index is 854. The molecule has 0 aromatic carbocycles. The topological polar surface area (TPSA) is 86.0 Å². The summed E-state index contributed by atoms with van der Waals surface area (Å²) < 4.78 is 2.28. The summed E-state index contributed by atoms with van der Waals surface area (Å²) in [6, 6.07) is 0. The third kappa shape index (κ3) is 3.22. The molecule has 1 amide bonds. The van der Waals surface area contributed by atoms with Crippen LogP contribution in [0.3, 0.4) is 0 Å². The second-order valence-corrected chi connectivity index (χ2v) is 6.03. The molecule has 0 aliphatic carbocycles. The van der Waals surface area contributed by atoms with Gasteiger partial charge in [0.1, 0.15) is 0 Å². The van der Waals surface area contributed by atoms with Gasteiger partial charge in [-0.3, -0.25) is 19.5 Å². The largest absolute Gasteiger partial charge is 0.330 e. The highest BCUT2D eigenvalue weighted by Crippen LogP contribution is 2.20. The van der Waals surface area contributed by atoms with Crippen LogP contribution in [0.5, 0.6) is 0 Å². The molecule has 2 aromatic heterocycles. The first-order chi connectivity index (χ1) is 10.3. The van der Waals surface area contributed by atoms with E-state index in [1.807, 2.05) is 13.8 Å². The number of carbonyl (C=O) groups excluding carboxylic acids is 1. The molecule has 0 unspecified atom stereocenters. The molecule has 0 saturated heterocycles. The van der Waals surface area contributed by atoms with Crippen molar-refractivity contribution in [3.8, 4) is 0 Å². The van der Waals surface area contributed by atoms with Crippen LogP contribution in [-0.2, 0) is 18.9 Å². The van der Waals surface area contributed by atoms with Crippen LogP contribution in [0.2, 0.25) is 0 Å². The zero-order valence-corrected chi connectivity index (χ0v) is 13.5. The lowest BCUT2D eigenvalue weighted by Crippen LogP contribution is -2.37. The Morgan fingerprint density at radius 2 is 2.00 bits per heavy atom. The van der Waals surface area contributed by atoms with Crippen molar-refractivity contribution in [1.82, 2.24) is 14.1 Å². The number of hydrogen-bond donors (Lipinski definition) is 1. The number of nitrogens with zero attached hydrogens (tertiary/aromatic N) is 3. The van der Waals surface area contributed by atoms with Crippen LogP contribution in [0.1, 0.15) is 16.1 Å². The first-order valence-corrected chi connectivity index (χ1v) is 7.31. The van der Waals surface area contributed by atoms with Crippen LogP contribution < -0.4 is 16.6 Å². The molecule has 2 aromatic rings. The number of aromatic nitrogens is 3. The number of carbonyl (C=O) groups is 1. The molecule has 0 bridgehead atoms. The first kappa shape index (κ1) is 15.9.